The van der Waals surface area contributed by atoms with E-state index < -0.39 is 0 Å². The highest BCUT2D eigenvalue weighted by molar-refractivity contribution is 5.27. The van der Waals surface area contributed by atoms with Crippen LogP contribution in [0.3, 0.4) is 0 Å². The summed E-state index contributed by atoms with van der Waals surface area (Å²) in [6.07, 6.45) is 3.38. The van der Waals surface area contributed by atoms with E-state index in [4.69, 9.17) is 9.84 Å². The first-order valence-electron chi connectivity index (χ1n) is 4.75. The van der Waals surface area contributed by atoms with Crippen molar-refractivity contribution in [2.45, 2.75) is 6.54 Å². The van der Waals surface area contributed by atoms with Crippen LogP contribution < -0.4 is 4.74 Å². The largest absolute Gasteiger partial charge is 0.454 e. The van der Waals surface area contributed by atoms with Crippen LogP contribution in [0.2, 0.25) is 0 Å². The molecule has 1 aromatic heterocycles. The van der Waals surface area contributed by atoms with Crippen molar-refractivity contribution in [1.29, 1.82) is 0 Å². The summed E-state index contributed by atoms with van der Waals surface area (Å²) in [6.45, 7) is 0.560. The Morgan fingerprint density at radius 2 is 2.00 bits per heavy atom. The van der Waals surface area contributed by atoms with Crippen molar-refractivity contribution in [1.82, 2.24) is 9.78 Å². The highest BCUT2D eigenvalue weighted by atomic mass is 16.5. The van der Waals surface area contributed by atoms with Gasteiger partial charge in [0, 0.05) is 0 Å². The van der Waals surface area contributed by atoms with Gasteiger partial charge in [0.15, 0.2) is 5.75 Å². The van der Waals surface area contributed by atoms with Crippen LogP contribution in [-0.4, -0.2) is 21.5 Å². The second kappa shape index (κ2) is 4.61. The first-order chi connectivity index (χ1) is 7.38. The van der Waals surface area contributed by atoms with Crippen molar-refractivity contribution in [2.24, 2.45) is 0 Å². The van der Waals surface area contributed by atoms with Crippen molar-refractivity contribution >= 4 is 0 Å². The summed E-state index contributed by atoms with van der Waals surface area (Å²) in [6, 6.07) is 9.51. The molecule has 0 radical (unpaired) electrons. The second-order valence-electron chi connectivity index (χ2n) is 3.08. The number of aliphatic hydroxyl groups is 1. The maximum atomic E-state index is 8.72. The number of ether oxygens (including phenoxy) is 1. The number of nitrogens with zero attached hydrogens (tertiary/aromatic N) is 2. The summed E-state index contributed by atoms with van der Waals surface area (Å²) in [5.41, 5.74) is 0. The van der Waals surface area contributed by atoms with Gasteiger partial charge in [-0.15, -0.1) is 0 Å². The van der Waals surface area contributed by atoms with Crippen LogP contribution in [0.15, 0.2) is 42.7 Å². The van der Waals surface area contributed by atoms with Gasteiger partial charge in [-0.25, -0.2) is 0 Å². The van der Waals surface area contributed by atoms with Gasteiger partial charge >= 0.3 is 0 Å². The first kappa shape index (κ1) is 9.73. The van der Waals surface area contributed by atoms with Crippen LogP contribution in [0, 0.1) is 0 Å². The smallest absolute Gasteiger partial charge is 0.165 e. The summed E-state index contributed by atoms with van der Waals surface area (Å²) in [7, 11) is 0. The highest BCUT2D eigenvalue weighted by Gasteiger charge is 1.99. The number of benzene rings is 1. The van der Waals surface area contributed by atoms with Gasteiger partial charge in [-0.2, -0.15) is 5.10 Å². The van der Waals surface area contributed by atoms with Crippen LogP contribution in [0.1, 0.15) is 0 Å². The van der Waals surface area contributed by atoms with E-state index in [-0.39, 0.29) is 6.61 Å². The predicted molar refractivity (Wildman–Crippen MR) is 55.8 cm³/mol. The van der Waals surface area contributed by atoms with E-state index in [0.717, 1.165) is 5.75 Å². The Bertz CT molecular complexity index is 412. The van der Waals surface area contributed by atoms with E-state index in [0.29, 0.717) is 12.3 Å². The Balaban J connectivity index is 2.05. The Labute approximate surface area is 87.7 Å². The quantitative estimate of drug-likeness (QED) is 0.824. The maximum absolute atomic E-state index is 8.72. The zero-order valence-electron chi connectivity index (χ0n) is 8.21. The minimum atomic E-state index is 0.0759. The minimum absolute atomic E-state index is 0.0759. The summed E-state index contributed by atoms with van der Waals surface area (Å²) in [5, 5.41) is 12.8. The second-order valence-corrected chi connectivity index (χ2v) is 3.08. The standard InChI is InChI=1S/C11H12N2O2/c14-7-6-13-9-11(8-12-13)15-10-4-2-1-3-5-10/h1-5,8-9,14H,6-7H2. The Hall–Kier alpha value is -1.81. The molecule has 0 aliphatic carbocycles. The molecule has 2 rings (SSSR count). The third-order valence-electron chi connectivity index (χ3n) is 1.92. The van der Waals surface area contributed by atoms with Gasteiger partial charge in [0.1, 0.15) is 5.75 Å². The summed E-state index contributed by atoms with van der Waals surface area (Å²) in [4.78, 5) is 0. The molecule has 0 fully saturated rings. The van der Waals surface area contributed by atoms with Gasteiger partial charge in [-0.3, -0.25) is 4.68 Å². The number of hydrogen-bond acceptors (Lipinski definition) is 3. The van der Waals surface area contributed by atoms with Crippen molar-refractivity contribution < 1.29 is 9.84 Å². The lowest BCUT2D eigenvalue weighted by Crippen LogP contribution is -2.01. The molecule has 4 nitrogen and oxygen atoms in total. The normalized spacial score (nSPS) is 10.2. The van der Waals surface area contributed by atoms with Gasteiger partial charge in [0.25, 0.3) is 0 Å². The first-order valence-corrected chi connectivity index (χ1v) is 4.75. The lowest BCUT2D eigenvalue weighted by molar-refractivity contribution is 0.269. The van der Waals surface area contributed by atoms with E-state index in [9.17, 15) is 0 Å². The van der Waals surface area contributed by atoms with Crippen LogP contribution in [0.4, 0.5) is 0 Å². The summed E-state index contributed by atoms with van der Waals surface area (Å²) in [5.74, 6) is 1.45. The lowest BCUT2D eigenvalue weighted by Gasteiger charge is -2.00. The van der Waals surface area contributed by atoms with Gasteiger partial charge < -0.3 is 9.84 Å². The molecule has 0 spiro atoms. The Morgan fingerprint density at radius 3 is 2.73 bits per heavy atom. The van der Waals surface area contributed by atoms with E-state index >= 15 is 0 Å². The number of para-hydroxylation sites is 1. The van der Waals surface area contributed by atoms with E-state index in [1.54, 1.807) is 17.1 Å². The van der Waals surface area contributed by atoms with E-state index in [1.807, 2.05) is 30.3 Å². The SMILES string of the molecule is OCCn1cc(Oc2ccccc2)cn1. The zero-order valence-corrected chi connectivity index (χ0v) is 8.21. The third kappa shape index (κ3) is 2.57. The van der Waals surface area contributed by atoms with Gasteiger partial charge in [-0.1, -0.05) is 18.2 Å². The molecule has 1 heterocycles. The van der Waals surface area contributed by atoms with Crippen LogP contribution >= 0.6 is 0 Å². The molecule has 0 saturated carbocycles. The van der Waals surface area contributed by atoms with Crippen LogP contribution in [0.25, 0.3) is 0 Å². The molecule has 1 N–H and O–H groups in total. The molecular weight excluding hydrogens is 192 g/mol. The lowest BCUT2D eigenvalue weighted by atomic mass is 10.3. The maximum Gasteiger partial charge on any atom is 0.165 e. The molecule has 0 amide bonds. The number of aliphatic hydroxyl groups excluding tert-OH is 1. The highest BCUT2D eigenvalue weighted by Crippen LogP contribution is 2.19. The molecule has 2 aromatic rings. The molecular formula is C11H12N2O2. The molecule has 0 unspecified atom stereocenters. The van der Waals surface area contributed by atoms with E-state index in [1.165, 1.54) is 0 Å². The van der Waals surface area contributed by atoms with Crippen molar-refractivity contribution in [2.75, 3.05) is 6.61 Å². The fraction of sp³-hybridized carbons (Fsp3) is 0.182. The third-order valence-corrected chi connectivity index (χ3v) is 1.92. The topological polar surface area (TPSA) is 47.3 Å². The molecule has 1 aromatic carbocycles. The van der Waals surface area contributed by atoms with E-state index in [2.05, 4.69) is 5.10 Å². The molecule has 0 saturated heterocycles. The average Bonchev–Trinajstić information content (AvgIpc) is 2.68. The van der Waals surface area contributed by atoms with Gasteiger partial charge in [0.2, 0.25) is 0 Å². The predicted octanol–water partition coefficient (Wildman–Crippen LogP) is 1.67. The number of rotatable bonds is 4. The molecule has 0 aliphatic rings. The molecule has 15 heavy (non-hydrogen) atoms. The number of aromatic nitrogens is 2. The Morgan fingerprint density at radius 1 is 1.20 bits per heavy atom. The Kier molecular flexibility index (Phi) is 2.99. The van der Waals surface area contributed by atoms with Crippen molar-refractivity contribution in [3.8, 4) is 11.5 Å². The van der Waals surface area contributed by atoms with Crippen molar-refractivity contribution in [3.05, 3.63) is 42.7 Å². The molecule has 0 bridgehead atoms. The minimum Gasteiger partial charge on any atom is -0.454 e. The fourth-order valence-corrected chi connectivity index (χ4v) is 1.25. The van der Waals surface area contributed by atoms with Gasteiger partial charge in [0.05, 0.1) is 25.5 Å². The fourth-order valence-electron chi connectivity index (χ4n) is 1.25. The van der Waals surface area contributed by atoms with Gasteiger partial charge in [-0.05, 0) is 12.1 Å². The summed E-state index contributed by atoms with van der Waals surface area (Å²) < 4.78 is 7.18. The average molecular weight is 204 g/mol. The zero-order chi connectivity index (χ0) is 10.5. The molecule has 4 heteroatoms. The molecule has 78 valence electrons. The summed E-state index contributed by atoms with van der Waals surface area (Å²) >= 11 is 0. The van der Waals surface area contributed by atoms with Crippen molar-refractivity contribution in [3.63, 3.8) is 0 Å². The molecule has 0 aliphatic heterocycles. The monoisotopic (exact) mass is 204 g/mol. The molecule has 0 atom stereocenters. The number of hydrogen-bond donors (Lipinski definition) is 1. The van der Waals surface area contributed by atoms with Crippen LogP contribution in [-0.2, 0) is 6.54 Å². The van der Waals surface area contributed by atoms with Crippen LogP contribution in [0.5, 0.6) is 11.5 Å².